The van der Waals surface area contributed by atoms with Crippen molar-refractivity contribution in [1.29, 1.82) is 0 Å². The molecule has 2 aromatic heterocycles. The van der Waals surface area contributed by atoms with Gasteiger partial charge in [0.05, 0.1) is 11.3 Å². The smallest absolute Gasteiger partial charge is 0.256 e. The quantitative estimate of drug-likeness (QED) is 0.639. The molecule has 1 saturated heterocycles. The maximum Gasteiger partial charge on any atom is 0.256 e. The van der Waals surface area contributed by atoms with Crippen molar-refractivity contribution in [3.8, 4) is 0 Å². The number of carbonyl (C=O) groups excluding carboxylic acids is 1. The first-order chi connectivity index (χ1) is 14.2. The van der Waals surface area contributed by atoms with Crippen molar-refractivity contribution in [2.75, 3.05) is 26.2 Å². The molecule has 150 valence electrons. The Kier molecular flexibility index (Phi) is 6.27. The van der Waals surface area contributed by atoms with E-state index in [9.17, 15) is 4.79 Å². The molecule has 3 aromatic rings. The molecular formula is C22H24N4O2S. The van der Waals surface area contributed by atoms with E-state index in [0.29, 0.717) is 12.1 Å². The number of aromatic nitrogens is 2. The molecule has 29 heavy (non-hydrogen) atoms. The highest BCUT2D eigenvalue weighted by Gasteiger charge is 2.23. The molecule has 0 radical (unpaired) electrons. The van der Waals surface area contributed by atoms with Crippen LogP contribution in [0.25, 0.3) is 0 Å². The highest BCUT2D eigenvalue weighted by molar-refractivity contribution is 7.99. The van der Waals surface area contributed by atoms with Crippen molar-refractivity contribution in [2.45, 2.75) is 29.8 Å². The van der Waals surface area contributed by atoms with E-state index in [0.717, 1.165) is 54.0 Å². The summed E-state index contributed by atoms with van der Waals surface area (Å²) < 4.78 is 5.17. The molecule has 0 spiro atoms. The van der Waals surface area contributed by atoms with Crippen LogP contribution < -0.4 is 0 Å². The van der Waals surface area contributed by atoms with Gasteiger partial charge in [0.25, 0.3) is 5.91 Å². The average Bonchev–Trinajstić information content (AvgIpc) is 3.01. The summed E-state index contributed by atoms with van der Waals surface area (Å²) in [7, 11) is 0. The van der Waals surface area contributed by atoms with E-state index in [4.69, 9.17) is 4.52 Å². The minimum absolute atomic E-state index is 0.0515. The Bertz CT molecular complexity index is 960. The maximum absolute atomic E-state index is 13.3. The molecule has 0 saturated carbocycles. The van der Waals surface area contributed by atoms with E-state index in [1.54, 1.807) is 6.20 Å². The first-order valence-electron chi connectivity index (χ1n) is 9.81. The minimum Gasteiger partial charge on any atom is -0.361 e. The first-order valence-corrected chi connectivity index (χ1v) is 10.6. The Hall–Kier alpha value is -2.64. The normalized spacial score (nSPS) is 15.3. The number of nitrogens with zero attached hydrogens (tertiary/aromatic N) is 4. The van der Waals surface area contributed by atoms with Gasteiger partial charge in [-0.3, -0.25) is 9.69 Å². The molecule has 1 fully saturated rings. The van der Waals surface area contributed by atoms with Crippen LogP contribution in [-0.2, 0) is 6.54 Å². The first kappa shape index (κ1) is 19.7. The SMILES string of the molecule is Cc1cc(CN2CCCN(C(=O)c3cccnc3Sc3ccccc3)CC2)no1. The summed E-state index contributed by atoms with van der Waals surface area (Å²) >= 11 is 1.53. The third kappa shape index (κ3) is 5.05. The molecule has 0 N–H and O–H groups in total. The zero-order valence-electron chi connectivity index (χ0n) is 16.5. The van der Waals surface area contributed by atoms with E-state index in [-0.39, 0.29) is 5.91 Å². The lowest BCUT2D eigenvalue weighted by molar-refractivity contribution is 0.0756. The van der Waals surface area contributed by atoms with Crippen molar-refractivity contribution in [3.05, 3.63) is 71.7 Å². The van der Waals surface area contributed by atoms with E-state index in [1.807, 2.05) is 60.4 Å². The van der Waals surface area contributed by atoms with Gasteiger partial charge in [-0.2, -0.15) is 0 Å². The minimum atomic E-state index is 0.0515. The van der Waals surface area contributed by atoms with Gasteiger partial charge in [0.15, 0.2) is 0 Å². The lowest BCUT2D eigenvalue weighted by Crippen LogP contribution is -2.35. The Balaban J connectivity index is 1.43. The Morgan fingerprint density at radius 1 is 1.10 bits per heavy atom. The lowest BCUT2D eigenvalue weighted by atomic mass is 10.2. The molecule has 1 amide bonds. The van der Waals surface area contributed by atoms with Crippen LogP contribution in [0.2, 0.25) is 0 Å². The van der Waals surface area contributed by atoms with Gasteiger partial charge in [-0.1, -0.05) is 35.1 Å². The number of rotatable bonds is 5. The number of carbonyl (C=O) groups is 1. The molecule has 1 aliphatic rings. The highest BCUT2D eigenvalue weighted by atomic mass is 32.2. The maximum atomic E-state index is 13.3. The fourth-order valence-corrected chi connectivity index (χ4v) is 4.35. The van der Waals surface area contributed by atoms with Gasteiger partial charge in [0.1, 0.15) is 10.8 Å². The summed E-state index contributed by atoms with van der Waals surface area (Å²) in [6, 6.07) is 15.7. The second-order valence-electron chi connectivity index (χ2n) is 7.12. The molecule has 0 aliphatic carbocycles. The van der Waals surface area contributed by atoms with Crippen molar-refractivity contribution in [2.24, 2.45) is 0 Å². The van der Waals surface area contributed by atoms with Crippen LogP contribution in [0, 0.1) is 6.92 Å². The average molecular weight is 409 g/mol. The second kappa shape index (κ2) is 9.24. The molecular weight excluding hydrogens is 384 g/mol. The molecule has 1 aromatic carbocycles. The summed E-state index contributed by atoms with van der Waals surface area (Å²) in [6.45, 7) is 5.85. The molecule has 0 unspecified atom stereocenters. The summed E-state index contributed by atoms with van der Waals surface area (Å²) in [4.78, 5) is 23.1. The summed E-state index contributed by atoms with van der Waals surface area (Å²) in [5, 5.41) is 4.84. The molecule has 4 rings (SSSR count). The molecule has 6 nitrogen and oxygen atoms in total. The third-order valence-corrected chi connectivity index (χ3v) is 5.92. The van der Waals surface area contributed by atoms with Crippen LogP contribution >= 0.6 is 11.8 Å². The van der Waals surface area contributed by atoms with E-state index in [2.05, 4.69) is 15.0 Å². The van der Waals surface area contributed by atoms with Crippen LogP contribution in [0.1, 0.15) is 28.2 Å². The third-order valence-electron chi connectivity index (χ3n) is 4.90. The summed E-state index contributed by atoms with van der Waals surface area (Å²) in [6.07, 6.45) is 2.68. The molecule has 7 heteroatoms. The van der Waals surface area contributed by atoms with Gasteiger partial charge in [0, 0.05) is 49.9 Å². The van der Waals surface area contributed by atoms with Gasteiger partial charge in [-0.05, 0) is 37.6 Å². The number of hydrogen-bond acceptors (Lipinski definition) is 6. The largest absolute Gasteiger partial charge is 0.361 e. The predicted molar refractivity (Wildman–Crippen MR) is 112 cm³/mol. The monoisotopic (exact) mass is 408 g/mol. The van der Waals surface area contributed by atoms with Gasteiger partial charge in [-0.15, -0.1) is 0 Å². The van der Waals surface area contributed by atoms with Crippen LogP contribution in [0.3, 0.4) is 0 Å². The van der Waals surface area contributed by atoms with Crippen molar-refractivity contribution in [3.63, 3.8) is 0 Å². The van der Waals surface area contributed by atoms with Gasteiger partial charge >= 0.3 is 0 Å². The van der Waals surface area contributed by atoms with Crippen molar-refractivity contribution in [1.82, 2.24) is 19.9 Å². The zero-order chi connectivity index (χ0) is 20.1. The van der Waals surface area contributed by atoms with Crippen LogP contribution in [-0.4, -0.2) is 52.0 Å². The van der Waals surface area contributed by atoms with E-state index < -0.39 is 0 Å². The van der Waals surface area contributed by atoms with Crippen molar-refractivity contribution >= 4 is 17.7 Å². The number of benzene rings is 1. The van der Waals surface area contributed by atoms with Gasteiger partial charge < -0.3 is 9.42 Å². The second-order valence-corrected chi connectivity index (χ2v) is 8.18. The highest BCUT2D eigenvalue weighted by Crippen LogP contribution is 2.29. The number of amides is 1. The van der Waals surface area contributed by atoms with E-state index in [1.165, 1.54) is 11.8 Å². The fraction of sp³-hybridized carbons (Fsp3) is 0.318. The number of pyridine rings is 1. The van der Waals surface area contributed by atoms with Crippen molar-refractivity contribution < 1.29 is 9.32 Å². The Morgan fingerprint density at radius 3 is 2.76 bits per heavy atom. The Morgan fingerprint density at radius 2 is 1.97 bits per heavy atom. The number of aryl methyl sites for hydroxylation is 1. The van der Waals surface area contributed by atoms with E-state index >= 15 is 0 Å². The molecule has 3 heterocycles. The predicted octanol–water partition coefficient (Wildman–Crippen LogP) is 3.88. The van der Waals surface area contributed by atoms with Crippen LogP contribution in [0.15, 0.2) is 69.2 Å². The Labute approximate surface area is 174 Å². The fourth-order valence-electron chi connectivity index (χ4n) is 3.46. The van der Waals surface area contributed by atoms with Gasteiger partial charge in [-0.25, -0.2) is 4.98 Å². The van der Waals surface area contributed by atoms with Crippen LogP contribution in [0.4, 0.5) is 0 Å². The molecule has 0 bridgehead atoms. The lowest BCUT2D eigenvalue weighted by Gasteiger charge is -2.22. The summed E-state index contributed by atoms with van der Waals surface area (Å²) in [5.41, 5.74) is 1.61. The number of hydrogen-bond donors (Lipinski definition) is 0. The van der Waals surface area contributed by atoms with Crippen LogP contribution in [0.5, 0.6) is 0 Å². The topological polar surface area (TPSA) is 62.5 Å². The molecule has 1 aliphatic heterocycles. The zero-order valence-corrected chi connectivity index (χ0v) is 17.3. The van der Waals surface area contributed by atoms with Gasteiger partial charge in [0.2, 0.25) is 0 Å². The standard InChI is InChI=1S/C22H24N4O2S/c1-17-15-18(24-28-17)16-25-11-6-12-26(14-13-25)22(27)20-9-5-10-23-21(20)29-19-7-3-2-4-8-19/h2-5,7-10,15H,6,11-14,16H2,1H3. The molecule has 0 atom stereocenters. The summed E-state index contributed by atoms with van der Waals surface area (Å²) in [5.74, 6) is 0.877.